The van der Waals surface area contributed by atoms with E-state index >= 15 is 0 Å². The molecule has 0 saturated carbocycles. The molecule has 0 aromatic heterocycles. The number of Topliss-reactive ketones (excluding diaryl/α,β-unsaturated/α-hetero) is 1. The van der Waals surface area contributed by atoms with Gasteiger partial charge >= 0.3 is 0 Å². The number of aliphatic hydroxyl groups excluding tert-OH is 4. The molecule has 1 heterocycles. The molecule has 5 atom stereocenters. The molecular weight excluding hydrogens is 312 g/mol. The quantitative estimate of drug-likeness (QED) is 0.361. The van der Waals surface area contributed by atoms with Gasteiger partial charge in [-0.3, -0.25) is 4.79 Å². The van der Waals surface area contributed by atoms with Crippen LogP contribution < -0.4 is 4.74 Å². The van der Waals surface area contributed by atoms with Crippen molar-refractivity contribution >= 4 is 5.78 Å². The van der Waals surface area contributed by atoms with E-state index in [2.05, 4.69) is 0 Å². The molecule has 9 nitrogen and oxygen atoms in total. The third kappa shape index (κ3) is 3.38. The minimum atomic E-state index is -1.68. The number of carbonyl (C=O) groups excluding carboxylic acids is 1. The van der Waals surface area contributed by atoms with Crippen LogP contribution in [0.25, 0.3) is 0 Å². The molecule has 1 aromatic rings. The number of aromatic hydroxyl groups is 2. The van der Waals surface area contributed by atoms with Gasteiger partial charge in [-0.05, 0) is 6.92 Å². The molecule has 128 valence electrons. The second-order valence-electron chi connectivity index (χ2n) is 5.21. The van der Waals surface area contributed by atoms with Crippen molar-refractivity contribution < 1.29 is 44.9 Å². The zero-order valence-electron chi connectivity index (χ0n) is 12.2. The maximum atomic E-state index is 11.6. The van der Waals surface area contributed by atoms with Crippen molar-refractivity contribution in [2.45, 2.75) is 37.6 Å². The number of ketones is 1. The molecule has 1 saturated heterocycles. The highest BCUT2D eigenvalue weighted by Crippen LogP contribution is 2.35. The first-order chi connectivity index (χ1) is 10.8. The van der Waals surface area contributed by atoms with Gasteiger partial charge in [0.25, 0.3) is 0 Å². The van der Waals surface area contributed by atoms with Gasteiger partial charge in [-0.15, -0.1) is 0 Å². The van der Waals surface area contributed by atoms with Crippen molar-refractivity contribution in [3.05, 3.63) is 17.7 Å². The fourth-order valence-corrected chi connectivity index (χ4v) is 2.32. The molecule has 0 bridgehead atoms. The molecule has 1 aromatic carbocycles. The van der Waals surface area contributed by atoms with Gasteiger partial charge in [0.2, 0.25) is 6.29 Å². The molecule has 1 aliphatic heterocycles. The van der Waals surface area contributed by atoms with Gasteiger partial charge in [-0.25, -0.2) is 0 Å². The van der Waals surface area contributed by atoms with E-state index in [-0.39, 0.29) is 11.3 Å². The Morgan fingerprint density at radius 2 is 1.83 bits per heavy atom. The molecular formula is C14H18O9. The van der Waals surface area contributed by atoms with Gasteiger partial charge in [0, 0.05) is 12.1 Å². The number of hydrogen-bond donors (Lipinski definition) is 6. The monoisotopic (exact) mass is 330 g/mol. The molecule has 0 unspecified atom stereocenters. The van der Waals surface area contributed by atoms with Crippen LogP contribution in [0.3, 0.4) is 0 Å². The lowest BCUT2D eigenvalue weighted by molar-refractivity contribution is -0.277. The molecule has 0 amide bonds. The maximum absolute atomic E-state index is 11.6. The van der Waals surface area contributed by atoms with Crippen LogP contribution in [0.15, 0.2) is 12.1 Å². The summed E-state index contributed by atoms with van der Waals surface area (Å²) in [5.41, 5.74) is -0.250. The van der Waals surface area contributed by atoms with Crippen LogP contribution in [-0.2, 0) is 4.74 Å². The van der Waals surface area contributed by atoms with Crippen molar-refractivity contribution in [2.75, 3.05) is 6.61 Å². The predicted octanol–water partition coefficient (Wildman–Crippen LogP) is -1.52. The molecule has 1 aliphatic rings. The van der Waals surface area contributed by atoms with Crippen molar-refractivity contribution in [3.63, 3.8) is 0 Å². The van der Waals surface area contributed by atoms with E-state index in [4.69, 9.17) is 14.6 Å². The molecule has 0 spiro atoms. The van der Waals surface area contributed by atoms with Crippen LogP contribution in [0, 0.1) is 0 Å². The van der Waals surface area contributed by atoms with Crippen LogP contribution in [0.4, 0.5) is 0 Å². The topological polar surface area (TPSA) is 157 Å². The first-order valence-corrected chi connectivity index (χ1v) is 6.80. The summed E-state index contributed by atoms with van der Waals surface area (Å²) in [5, 5.41) is 57.6. The van der Waals surface area contributed by atoms with Crippen molar-refractivity contribution in [1.29, 1.82) is 0 Å². The predicted molar refractivity (Wildman–Crippen MR) is 74.2 cm³/mol. The number of hydrogen-bond acceptors (Lipinski definition) is 9. The molecule has 6 N–H and O–H groups in total. The van der Waals surface area contributed by atoms with E-state index in [0.29, 0.717) is 0 Å². The van der Waals surface area contributed by atoms with Gasteiger partial charge in [0.1, 0.15) is 47.2 Å². The summed E-state index contributed by atoms with van der Waals surface area (Å²) in [6, 6.07) is 1.97. The third-order valence-electron chi connectivity index (χ3n) is 3.51. The first-order valence-electron chi connectivity index (χ1n) is 6.80. The summed E-state index contributed by atoms with van der Waals surface area (Å²) in [4.78, 5) is 11.6. The average molecular weight is 330 g/mol. The molecule has 23 heavy (non-hydrogen) atoms. The number of phenols is 2. The summed E-state index contributed by atoms with van der Waals surface area (Å²) in [7, 11) is 0. The normalized spacial score (nSPS) is 30.9. The zero-order chi connectivity index (χ0) is 17.3. The Kier molecular flexibility index (Phi) is 5.07. The number of aliphatic hydroxyl groups is 4. The lowest BCUT2D eigenvalue weighted by atomic mass is 9.99. The van der Waals surface area contributed by atoms with Crippen LogP contribution in [0.1, 0.15) is 17.3 Å². The van der Waals surface area contributed by atoms with E-state index in [9.17, 15) is 30.3 Å². The Morgan fingerprint density at radius 1 is 1.17 bits per heavy atom. The summed E-state index contributed by atoms with van der Waals surface area (Å²) in [5.74, 6) is -1.77. The fourth-order valence-electron chi connectivity index (χ4n) is 2.32. The molecule has 9 heteroatoms. The third-order valence-corrected chi connectivity index (χ3v) is 3.51. The second-order valence-corrected chi connectivity index (χ2v) is 5.21. The molecule has 1 fully saturated rings. The number of rotatable bonds is 4. The Hall–Kier alpha value is -1.91. The number of ether oxygens (including phenoxy) is 2. The summed E-state index contributed by atoms with van der Waals surface area (Å²) < 4.78 is 10.4. The standard InChI is InChI=1S/C14H18O9/c1-5(16)10-7(18)2-6(17)3-8(10)22-14-13(21)12(20)11(19)9(4-15)23-14/h2-3,9,11-15,17-21H,4H2,1H3/t9-,11+,12+,13+,14-/m1/s1. The lowest BCUT2D eigenvalue weighted by Crippen LogP contribution is -2.60. The largest absolute Gasteiger partial charge is 0.508 e. The highest BCUT2D eigenvalue weighted by molar-refractivity contribution is 5.99. The number of benzene rings is 1. The summed E-state index contributed by atoms with van der Waals surface area (Å²) >= 11 is 0. The average Bonchev–Trinajstić information content (AvgIpc) is 2.46. The van der Waals surface area contributed by atoms with E-state index in [0.717, 1.165) is 19.1 Å². The molecule has 0 aliphatic carbocycles. The minimum Gasteiger partial charge on any atom is -0.508 e. The van der Waals surface area contributed by atoms with Gasteiger partial charge in [-0.1, -0.05) is 0 Å². The highest BCUT2D eigenvalue weighted by atomic mass is 16.7. The summed E-state index contributed by atoms with van der Waals surface area (Å²) in [6.07, 6.45) is -7.62. The van der Waals surface area contributed by atoms with Crippen LogP contribution in [-0.4, -0.2) is 73.7 Å². The summed E-state index contributed by atoms with van der Waals surface area (Å²) in [6.45, 7) is 0.516. The van der Waals surface area contributed by atoms with E-state index in [1.165, 1.54) is 0 Å². The Bertz CT molecular complexity index is 586. The maximum Gasteiger partial charge on any atom is 0.229 e. The second kappa shape index (κ2) is 6.69. The number of phenolic OH excluding ortho intramolecular Hbond substituents is 2. The van der Waals surface area contributed by atoms with Crippen LogP contribution in [0.5, 0.6) is 17.2 Å². The fraction of sp³-hybridized carbons (Fsp3) is 0.500. The molecule has 0 radical (unpaired) electrons. The van der Waals surface area contributed by atoms with Gasteiger partial charge in [0.15, 0.2) is 5.78 Å². The Labute approximate surface area is 130 Å². The Balaban J connectivity index is 2.33. The number of carbonyl (C=O) groups is 1. The SMILES string of the molecule is CC(=O)c1c(O)cc(O)cc1O[C@@H]1O[C@H](CO)[C@H](O)[C@H](O)[C@@H]1O. The van der Waals surface area contributed by atoms with Crippen molar-refractivity contribution in [2.24, 2.45) is 0 Å². The van der Waals surface area contributed by atoms with Gasteiger partial charge < -0.3 is 40.1 Å². The molecule has 2 rings (SSSR count). The smallest absolute Gasteiger partial charge is 0.229 e. The minimum absolute atomic E-state index is 0.250. The van der Waals surface area contributed by atoms with Crippen molar-refractivity contribution in [1.82, 2.24) is 0 Å². The zero-order valence-corrected chi connectivity index (χ0v) is 12.2. The highest BCUT2D eigenvalue weighted by Gasteiger charge is 2.45. The lowest BCUT2D eigenvalue weighted by Gasteiger charge is -2.39. The van der Waals surface area contributed by atoms with E-state index in [1.807, 2.05) is 0 Å². The van der Waals surface area contributed by atoms with Gasteiger partial charge in [0.05, 0.1) is 6.61 Å². The van der Waals surface area contributed by atoms with Crippen LogP contribution >= 0.6 is 0 Å². The van der Waals surface area contributed by atoms with Gasteiger partial charge in [-0.2, -0.15) is 0 Å². The van der Waals surface area contributed by atoms with Crippen LogP contribution in [0.2, 0.25) is 0 Å². The van der Waals surface area contributed by atoms with E-state index < -0.39 is 54.6 Å². The van der Waals surface area contributed by atoms with Crippen molar-refractivity contribution in [3.8, 4) is 17.2 Å². The Morgan fingerprint density at radius 3 is 2.39 bits per heavy atom. The van der Waals surface area contributed by atoms with E-state index in [1.54, 1.807) is 0 Å². The first kappa shape index (κ1) is 17.4.